The number of thioether (sulfide) groups is 7. The standard InChI is InChI=1S/C20H39N3O7S7/c1-31-9-2-21-14-30-28-8-13-35-19-37-18-34-12-7-26-20(25)23-4-11-33-17-36-16-32-10-3-22-15-29-27-6-5-24/h14-15,24H,2-13,16-19H2,1H3,(H,23,25). The molecule has 0 atom stereocenters. The van der Waals surface area contributed by atoms with Gasteiger partial charge in [0, 0.05) is 55.6 Å². The number of aliphatic imine (C=N–C) groups is 2. The van der Waals surface area contributed by atoms with E-state index in [1.807, 2.05) is 29.8 Å². The van der Waals surface area contributed by atoms with Gasteiger partial charge in [-0.1, -0.05) is 0 Å². The third kappa shape index (κ3) is 34.5. The molecule has 37 heavy (non-hydrogen) atoms. The lowest BCUT2D eigenvalue weighted by molar-refractivity contribution is -0.221. The van der Waals surface area contributed by atoms with Gasteiger partial charge in [-0.15, -0.1) is 70.6 Å². The zero-order valence-corrected chi connectivity index (χ0v) is 26.8. The maximum absolute atomic E-state index is 11.7. The topological polar surface area (TPSA) is 120 Å². The van der Waals surface area contributed by atoms with Crippen LogP contribution in [0.1, 0.15) is 0 Å². The first-order valence-electron chi connectivity index (χ1n) is 11.3. The number of nitrogens with zero attached hydrogens (tertiary/aromatic N) is 2. The minimum Gasteiger partial charge on any atom is -0.449 e. The van der Waals surface area contributed by atoms with Crippen LogP contribution in [0.2, 0.25) is 0 Å². The Bertz CT molecular complexity index is 545. The maximum atomic E-state index is 11.7. The van der Waals surface area contributed by atoms with Crippen molar-refractivity contribution in [1.82, 2.24) is 5.32 Å². The quantitative estimate of drug-likeness (QED) is 0.0298. The molecular formula is C20H39N3O7S7. The summed E-state index contributed by atoms with van der Waals surface area (Å²) < 4.78 is 5.19. The van der Waals surface area contributed by atoms with Crippen molar-refractivity contribution < 1.29 is 34.2 Å². The van der Waals surface area contributed by atoms with Crippen LogP contribution in [0.5, 0.6) is 0 Å². The van der Waals surface area contributed by atoms with Crippen molar-refractivity contribution in [2.45, 2.75) is 0 Å². The summed E-state index contributed by atoms with van der Waals surface area (Å²) in [6.07, 6.45) is 4.29. The number of ether oxygens (including phenoxy) is 1. The second-order valence-corrected chi connectivity index (χ2v) is 15.0. The van der Waals surface area contributed by atoms with Crippen LogP contribution in [0.15, 0.2) is 9.98 Å². The number of amides is 1. The molecule has 0 aromatic rings. The second kappa shape index (κ2) is 34.6. The smallest absolute Gasteiger partial charge is 0.407 e. The van der Waals surface area contributed by atoms with Gasteiger partial charge >= 0.3 is 6.09 Å². The summed E-state index contributed by atoms with van der Waals surface area (Å²) in [4.78, 5) is 38.8. The number of alkyl carbamates (subject to hydrolysis) is 1. The molecule has 218 valence electrons. The number of aliphatic hydroxyl groups excluding tert-OH is 1. The van der Waals surface area contributed by atoms with Crippen molar-refractivity contribution in [3.63, 3.8) is 0 Å². The van der Waals surface area contributed by atoms with Crippen LogP contribution < -0.4 is 5.32 Å². The monoisotopic (exact) mass is 657 g/mol. The van der Waals surface area contributed by atoms with Crippen LogP contribution in [0.3, 0.4) is 0 Å². The molecule has 17 heteroatoms. The summed E-state index contributed by atoms with van der Waals surface area (Å²) in [6, 6.07) is 0. The fourth-order valence-corrected chi connectivity index (χ4v) is 8.42. The van der Waals surface area contributed by atoms with E-state index >= 15 is 0 Å². The van der Waals surface area contributed by atoms with Crippen molar-refractivity contribution in [2.24, 2.45) is 9.98 Å². The van der Waals surface area contributed by atoms with Crippen molar-refractivity contribution in [2.75, 3.05) is 101 Å². The predicted molar refractivity (Wildman–Crippen MR) is 170 cm³/mol. The highest BCUT2D eigenvalue weighted by molar-refractivity contribution is 8.23. The van der Waals surface area contributed by atoms with Gasteiger partial charge in [-0.2, -0.15) is 21.5 Å². The third-order valence-corrected chi connectivity index (χ3v) is 11.1. The Morgan fingerprint density at radius 1 is 0.757 bits per heavy atom. The first-order valence-corrected chi connectivity index (χ1v) is 19.6. The molecule has 1 amide bonds. The van der Waals surface area contributed by atoms with E-state index in [2.05, 4.69) is 25.1 Å². The Morgan fingerprint density at radius 2 is 1.32 bits per heavy atom. The minimum absolute atomic E-state index is 0.0800. The van der Waals surface area contributed by atoms with E-state index in [0.717, 1.165) is 55.6 Å². The molecule has 0 aliphatic heterocycles. The van der Waals surface area contributed by atoms with Crippen LogP contribution in [0, 0.1) is 0 Å². The van der Waals surface area contributed by atoms with Gasteiger partial charge in [0.05, 0.1) is 19.7 Å². The van der Waals surface area contributed by atoms with E-state index in [4.69, 9.17) is 19.6 Å². The van der Waals surface area contributed by atoms with Gasteiger partial charge in [0.1, 0.15) is 19.8 Å². The van der Waals surface area contributed by atoms with Crippen LogP contribution in [-0.2, 0) is 24.3 Å². The number of aliphatic hydroxyl groups is 1. The first-order chi connectivity index (χ1) is 18.3. The molecule has 0 saturated heterocycles. The van der Waals surface area contributed by atoms with E-state index in [-0.39, 0.29) is 19.3 Å². The van der Waals surface area contributed by atoms with E-state index in [1.165, 1.54) is 12.8 Å². The Balaban J connectivity index is 3.20. The Labute approximate surface area is 250 Å². The molecule has 2 N–H and O–H groups in total. The van der Waals surface area contributed by atoms with E-state index in [9.17, 15) is 4.79 Å². The summed E-state index contributed by atoms with van der Waals surface area (Å²) in [5, 5.41) is 15.2. The number of hydrogen-bond donors (Lipinski definition) is 2. The molecule has 0 saturated carbocycles. The van der Waals surface area contributed by atoms with Gasteiger partial charge in [0.15, 0.2) is 0 Å². The van der Waals surface area contributed by atoms with Crippen LogP contribution >= 0.6 is 82.3 Å². The number of nitrogens with one attached hydrogen (secondary N) is 1. The molecule has 0 radical (unpaired) electrons. The van der Waals surface area contributed by atoms with Crippen molar-refractivity contribution in [1.29, 1.82) is 0 Å². The van der Waals surface area contributed by atoms with Gasteiger partial charge in [0.2, 0.25) is 12.8 Å². The van der Waals surface area contributed by atoms with Crippen LogP contribution in [0.4, 0.5) is 4.79 Å². The van der Waals surface area contributed by atoms with Crippen molar-refractivity contribution in [3.8, 4) is 0 Å². The van der Waals surface area contributed by atoms with Gasteiger partial charge < -0.3 is 24.9 Å². The van der Waals surface area contributed by atoms with Crippen LogP contribution in [0.25, 0.3) is 0 Å². The van der Waals surface area contributed by atoms with Gasteiger partial charge in [-0.05, 0) is 6.26 Å². The predicted octanol–water partition coefficient (Wildman–Crippen LogP) is 4.25. The Hall–Kier alpha value is 0.540. The SMILES string of the molecule is CSCCN=COOCCSCSCSCCOC(=O)NCCSCSCSCCN=COOCCO. The highest BCUT2D eigenvalue weighted by Crippen LogP contribution is 2.18. The lowest BCUT2D eigenvalue weighted by Crippen LogP contribution is -2.27. The Morgan fingerprint density at radius 3 is 1.97 bits per heavy atom. The summed E-state index contributed by atoms with van der Waals surface area (Å²) >= 11 is 12.6. The van der Waals surface area contributed by atoms with Gasteiger partial charge in [-0.25, -0.2) is 4.79 Å². The Kier molecular flexibility index (Phi) is 35.1. The second-order valence-electron chi connectivity index (χ2n) is 6.15. The molecule has 0 rings (SSSR count). The van der Waals surface area contributed by atoms with Gasteiger partial charge in [0.25, 0.3) is 0 Å². The zero-order valence-electron chi connectivity index (χ0n) is 21.1. The van der Waals surface area contributed by atoms with Crippen LogP contribution in [-0.4, -0.2) is 125 Å². The number of carbonyl (C=O) groups is 1. The number of hydrogen-bond acceptors (Lipinski definition) is 16. The number of carbonyl (C=O) groups excluding carboxylic acids is 1. The lowest BCUT2D eigenvalue weighted by Gasteiger charge is -2.07. The van der Waals surface area contributed by atoms with E-state index < -0.39 is 0 Å². The number of rotatable bonds is 29. The largest absolute Gasteiger partial charge is 0.449 e. The molecule has 0 aromatic carbocycles. The average molecular weight is 658 g/mol. The molecule has 0 aliphatic carbocycles. The molecule has 0 fully saturated rings. The summed E-state index contributed by atoms with van der Waals surface area (Å²) in [6.45, 7) is 3.00. The molecule has 0 aliphatic rings. The summed E-state index contributed by atoms with van der Waals surface area (Å²) in [5.74, 6) is 4.39. The van der Waals surface area contributed by atoms with E-state index in [1.54, 1.807) is 58.8 Å². The minimum atomic E-state index is -0.351. The average Bonchev–Trinajstić information content (AvgIpc) is 2.90. The van der Waals surface area contributed by atoms with Gasteiger partial charge in [-0.3, -0.25) is 9.98 Å². The maximum Gasteiger partial charge on any atom is 0.407 e. The molecule has 0 aromatic heterocycles. The fourth-order valence-electron chi connectivity index (χ4n) is 1.72. The summed E-state index contributed by atoms with van der Waals surface area (Å²) in [5.41, 5.74) is 0. The van der Waals surface area contributed by atoms with Crippen molar-refractivity contribution in [3.05, 3.63) is 0 Å². The normalized spacial score (nSPS) is 11.4. The van der Waals surface area contributed by atoms with E-state index in [0.29, 0.717) is 26.3 Å². The molecule has 0 heterocycles. The van der Waals surface area contributed by atoms with Crippen molar-refractivity contribution >= 4 is 101 Å². The third-order valence-electron chi connectivity index (χ3n) is 3.29. The zero-order chi connectivity index (χ0) is 26.9. The lowest BCUT2D eigenvalue weighted by atomic mass is 10.7. The fraction of sp³-hybridized carbons (Fsp3) is 0.850. The molecule has 10 nitrogen and oxygen atoms in total. The first kappa shape index (κ1) is 37.5. The molecule has 0 unspecified atom stereocenters. The molecular weight excluding hydrogens is 619 g/mol. The molecule has 0 spiro atoms. The molecule has 0 bridgehead atoms. The highest BCUT2D eigenvalue weighted by Gasteiger charge is 2.01. The highest BCUT2D eigenvalue weighted by atomic mass is 32.2. The summed E-state index contributed by atoms with van der Waals surface area (Å²) in [7, 11) is 0.